The predicted octanol–water partition coefficient (Wildman–Crippen LogP) is 1.01. The minimum Gasteiger partial charge on any atom is -0.508 e. The van der Waals surface area contributed by atoms with Crippen molar-refractivity contribution in [2.24, 2.45) is 5.73 Å². The van der Waals surface area contributed by atoms with Gasteiger partial charge in [-0.2, -0.15) is 0 Å². The zero-order chi connectivity index (χ0) is 6.85. The second kappa shape index (κ2) is 2.19. The van der Waals surface area contributed by atoms with Crippen LogP contribution >= 0.6 is 0 Å². The summed E-state index contributed by atoms with van der Waals surface area (Å²) in [4.78, 5) is 0. The Morgan fingerprint density at radius 1 is 1.78 bits per heavy atom. The first-order valence-corrected chi connectivity index (χ1v) is 2.72. The molecule has 1 rings (SSSR count). The summed E-state index contributed by atoms with van der Waals surface area (Å²) < 4.78 is 12.3. The monoisotopic (exact) mass is 129 g/mol. The van der Waals surface area contributed by atoms with Gasteiger partial charge in [0.15, 0.2) is 5.83 Å². The maximum atomic E-state index is 12.3. The van der Waals surface area contributed by atoms with Gasteiger partial charge in [0.1, 0.15) is 5.76 Å². The molecule has 0 aromatic rings. The number of hydrogen-bond donors (Lipinski definition) is 2. The van der Waals surface area contributed by atoms with E-state index in [-0.39, 0.29) is 5.76 Å². The van der Waals surface area contributed by atoms with Crippen molar-refractivity contribution in [3.05, 3.63) is 23.7 Å². The van der Waals surface area contributed by atoms with Gasteiger partial charge in [-0.15, -0.1) is 0 Å². The Morgan fingerprint density at radius 3 is 2.89 bits per heavy atom. The van der Waals surface area contributed by atoms with E-state index in [4.69, 9.17) is 10.8 Å². The third-order valence-corrected chi connectivity index (χ3v) is 1.25. The predicted molar refractivity (Wildman–Crippen MR) is 32.5 cm³/mol. The molecule has 0 heterocycles. The highest BCUT2D eigenvalue weighted by molar-refractivity contribution is 5.23. The summed E-state index contributed by atoms with van der Waals surface area (Å²) in [6.07, 6.45) is 3.33. The fraction of sp³-hybridized carbons (Fsp3) is 0.333. The summed E-state index contributed by atoms with van der Waals surface area (Å²) >= 11 is 0. The molecule has 0 aromatic heterocycles. The van der Waals surface area contributed by atoms with Crippen LogP contribution in [0.1, 0.15) is 6.42 Å². The van der Waals surface area contributed by atoms with E-state index >= 15 is 0 Å². The summed E-state index contributed by atoms with van der Waals surface area (Å²) in [5.74, 6) is -0.953. The van der Waals surface area contributed by atoms with Crippen LogP contribution in [0, 0.1) is 0 Å². The summed E-state index contributed by atoms with van der Waals surface area (Å²) in [7, 11) is 0. The zero-order valence-electron chi connectivity index (χ0n) is 4.84. The molecular formula is C6H8FNO. The van der Waals surface area contributed by atoms with Crippen molar-refractivity contribution in [2.75, 3.05) is 0 Å². The van der Waals surface area contributed by atoms with Gasteiger partial charge in [0.2, 0.25) is 0 Å². The Balaban J connectivity index is 2.83. The van der Waals surface area contributed by atoms with Gasteiger partial charge in [0.25, 0.3) is 0 Å². The van der Waals surface area contributed by atoms with Crippen LogP contribution in [-0.4, -0.2) is 11.1 Å². The quantitative estimate of drug-likeness (QED) is 0.512. The molecule has 50 valence electrons. The topological polar surface area (TPSA) is 46.2 Å². The van der Waals surface area contributed by atoms with Gasteiger partial charge in [-0.1, -0.05) is 6.08 Å². The number of aliphatic hydroxyl groups is 1. The van der Waals surface area contributed by atoms with E-state index in [1.165, 1.54) is 6.08 Å². The summed E-state index contributed by atoms with van der Waals surface area (Å²) in [6, 6.07) is -0.546. The minimum absolute atomic E-state index is 0.336. The smallest absolute Gasteiger partial charge is 0.161 e. The lowest BCUT2D eigenvalue weighted by molar-refractivity contribution is 0.340. The second-order valence-electron chi connectivity index (χ2n) is 1.98. The molecule has 0 spiro atoms. The first-order chi connectivity index (χ1) is 4.22. The van der Waals surface area contributed by atoms with E-state index in [9.17, 15) is 4.39 Å². The van der Waals surface area contributed by atoms with Crippen molar-refractivity contribution in [1.82, 2.24) is 0 Å². The number of rotatable bonds is 0. The third kappa shape index (κ3) is 1.10. The van der Waals surface area contributed by atoms with Crippen LogP contribution in [0.2, 0.25) is 0 Å². The number of allylic oxidation sites excluding steroid dienone is 2. The number of halogens is 1. The van der Waals surface area contributed by atoms with E-state index in [0.717, 1.165) is 0 Å². The van der Waals surface area contributed by atoms with E-state index in [2.05, 4.69) is 0 Å². The average Bonchev–Trinajstić information content (AvgIpc) is 1.83. The molecule has 2 nitrogen and oxygen atoms in total. The highest BCUT2D eigenvalue weighted by Gasteiger charge is 2.14. The molecule has 0 aromatic carbocycles. The molecule has 1 atom stereocenters. The molecule has 1 aliphatic carbocycles. The third-order valence-electron chi connectivity index (χ3n) is 1.25. The molecule has 0 saturated carbocycles. The van der Waals surface area contributed by atoms with Crippen molar-refractivity contribution in [3.63, 3.8) is 0 Å². The lowest BCUT2D eigenvalue weighted by Crippen LogP contribution is -2.23. The summed E-state index contributed by atoms with van der Waals surface area (Å²) in [5, 5.41) is 8.77. The van der Waals surface area contributed by atoms with Crippen LogP contribution in [0.3, 0.4) is 0 Å². The van der Waals surface area contributed by atoms with Crippen LogP contribution in [0.5, 0.6) is 0 Å². The lowest BCUT2D eigenvalue weighted by Gasteiger charge is -2.11. The maximum Gasteiger partial charge on any atom is 0.161 e. The highest BCUT2D eigenvalue weighted by Crippen LogP contribution is 2.15. The van der Waals surface area contributed by atoms with Crippen molar-refractivity contribution in [2.45, 2.75) is 12.5 Å². The maximum absolute atomic E-state index is 12.3. The van der Waals surface area contributed by atoms with Gasteiger partial charge in [0.05, 0.1) is 6.04 Å². The molecule has 0 radical (unpaired) electrons. The van der Waals surface area contributed by atoms with E-state index in [1.807, 2.05) is 0 Å². The highest BCUT2D eigenvalue weighted by atomic mass is 19.1. The molecular weight excluding hydrogens is 121 g/mol. The normalized spacial score (nSPS) is 27.1. The number of hydrogen-bond acceptors (Lipinski definition) is 2. The molecule has 0 bridgehead atoms. The SMILES string of the molecule is NC1CC=CC(F)=C1O. The second-order valence-corrected chi connectivity index (χ2v) is 1.98. The Bertz CT molecular complexity index is 174. The molecule has 0 amide bonds. The standard InChI is InChI=1S/C6H8FNO/c7-4-2-1-3-5(8)6(4)9/h1-2,5,9H,3,8H2. The average molecular weight is 129 g/mol. The molecule has 1 aliphatic rings. The van der Waals surface area contributed by atoms with E-state index in [0.29, 0.717) is 6.42 Å². The van der Waals surface area contributed by atoms with Gasteiger partial charge in [-0.3, -0.25) is 0 Å². The van der Waals surface area contributed by atoms with Crippen LogP contribution < -0.4 is 5.73 Å². The molecule has 3 heteroatoms. The Hall–Kier alpha value is -0.830. The first-order valence-electron chi connectivity index (χ1n) is 2.72. The summed E-state index contributed by atoms with van der Waals surface area (Å²) in [6.45, 7) is 0. The Morgan fingerprint density at radius 2 is 2.44 bits per heavy atom. The Labute approximate surface area is 52.5 Å². The summed E-state index contributed by atoms with van der Waals surface area (Å²) in [5.41, 5.74) is 5.27. The van der Waals surface area contributed by atoms with Gasteiger partial charge >= 0.3 is 0 Å². The fourth-order valence-electron chi connectivity index (χ4n) is 0.692. The van der Waals surface area contributed by atoms with Crippen molar-refractivity contribution in [1.29, 1.82) is 0 Å². The van der Waals surface area contributed by atoms with Crippen molar-refractivity contribution >= 4 is 0 Å². The molecule has 3 N–H and O–H groups in total. The van der Waals surface area contributed by atoms with Gasteiger partial charge in [0, 0.05) is 0 Å². The van der Waals surface area contributed by atoms with E-state index < -0.39 is 11.9 Å². The van der Waals surface area contributed by atoms with Crippen LogP contribution in [-0.2, 0) is 0 Å². The van der Waals surface area contributed by atoms with Crippen LogP contribution in [0.25, 0.3) is 0 Å². The zero-order valence-corrected chi connectivity index (χ0v) is 4.84. The lowest BCUT2D eigenvalue weighted by atomic mass is 10.1. The van der Waals surface area contributed by atoms with Crippen molar-refractivity contribution < 1.29 is 9.50 Å². The number of aliphatic hydroxyl groups excluding tert-OH is 1. The van der Waals surface area contributed by atoms with Gasteiger partial charge < -0.3 is 10.8 Å². The first kappa shape index (κ1) is 6.29. The van der Waals surface area contributed by atoms with Gasteiger partial charge in [-0.25, -0.2) is 4.39 Å². The van der Waals surface area contributed by atoms with E-state index in [1.54, 1.807) is 6.08 Å². The fourth-order valence-corrected chi connectivity index (χ4v) is 0.692. The minimum atomic E-state index is -0.617. The molecule has 1 unspecified atom stereocenters. The van der Waals surface area contributed by atoms with Crippen molar-refractivity contribution in [3.8, 4) is 0 Å². The van der Waals surface area contributed by atoms with Crippen LogP contribution in [0.15, 0.2) is 23.7 Å². The number of nitrogens with two attached hydrogens (primary N) is 1. The molecule has 0 fully saturated rings. The van der Waals surface area contributed by atoms with Crippen LogP contribution in [0.4, 0.5) is 4.39 Å². The molecule has 0 saturated heterocycles. The Kier molecular flexibility index (Phi) is 1.53. The largest absolute Gasteiger partial charge is 0.508 e. The van der Waals surface area contributed by atoms with Gasteiger partial charge in [-0.05, 0) is 12.5 Å². The molecule has 0 aliphatic heterocycles. The molecule has 9 heavy (non-hydrogen) atoms.